The van der Waals surface area contributed by atoms with E-state index < -0.39 is 0 Å². The van der Waals surface area contributed by atoms with Crippen molar-refractivity contribution in [1.29, 1.82) is 0 Å². The molecule has 5 heteroatoms. The Morgan fingerprint density at radius 3 is 2.95 bits per heavy atom. The number of nitrogens with one attached hydrogen (secondary N) is 1. The van der Waals surface area contributed by atoms with Gasteiger partial charge in [-0.25, -0.2) is 0 Å². The zero-order valence-electron chi connectivity index (χ0n) is 11.3. The van der Waals surface area contributed by atoms with Crippen LogP contribution >= 0.6 is 0 Å². The maximum Gasteiger partial charge on any atom is 0.254 e. The number of amides is 1. The lowest BCUT2D eigenvalue weighted by Gasteiger charge is -2.06. The van der Waals surface area contributed by atoms with Crippen molar-refractivity contribution in [3.63, 3.8) is 0 Å². The van der Waals surface area contributed by atoms with Crippen LogP contribution in [0.3, 0.4) is 0 Å². The van der Waals surface area contributed by atoms with Crippen LogP contribution in [0.1, 0.15) is 21.5 Å². The Balaban J connectivity index is 2.06. The first kappa shape index (κ1) is 13.8. The predicted octanol–water partition coefficient (Wildman–Crippen LogP) is 0.660. The quantitative estimate of drug-likeness (QED) is 0.803. The molecule has 0 atom stereocenters. The molecule has 0 aliphatic rings. The third kappa shape index (κ3) is 3.46. The molecule has 1 aromatic heterocycles. The lowest BCUT2D eigenvalue weighted by Crippen LogP contribution is -2.22. The van der Waals surface area contributed by atoms with Crippen molar-refractivity contribution in [2.45, 2.75) is 6.54 Å². The minimum Gasteiger partial charge on any atom is -0.348 e. The zero-order valence-corrected chi connectivity index (χ0v) is 11.3. The molecule has 20 heavy (non-hydrogen) atoms. The summed E-state index contributed by atoms with van der Waals surface area (Å²) in [5.41, 5.74) is 7.76. The molecule has 1 heterocycles. The summed E-state index contributed by atoms with van der Waals surface area (Å²) in [5, 5.41) is 6.82. The van der Waals surface area contributed by atoms with Gasteiger partial charge in [0.05, 0.1) is 18.3 Å². The minimum absolute atomic E-state index is 0.153. The molecule has 1 amide bonds. The van der Waals surface area contributed by atoms with Gasteiger partial charge in [-0.3, -0.25) is 9.48 Å². The maximum atomic E-state index is 11.9. The lowest BCUT2D eigenvalue weighted by molar-refractivity contribution is 0.0951. The van der Waals surface area contributed by atoms with E-state index in [1.54, 1.807) is 17.9 Å². The van der Waals surface area contributed by atoms with Gasteiger partial charge >= 0.3 is 0 Å². The van der Waals surface area contributed by atoms with E-state index in [4.69, 9.17) is 5.73 Å². The number of nitrogens with zero attached hydrogens (tertiary/aromatic N) is 2. The van der Waals surface area contributed by atoms with Crippen molar-refractivity contribution in [2.24, 2.45) is 12.8 Å². The summed E-state index contributed by atoms with van der Waals surface area (Å²) in [7, 11) is 1.77. The molecule has 0 fully saturated rings. The normalized spacial score (nSPS) is 9.70. The third-order valence-corrected chi connectivity index (χ3v) is 2.75. The van der Waals surface area contributed by atoms with Gasteiger partial charge in [0, 0.05) is 25.4 Å². The lowest BCUT2D eigenvalue weighted by atomic mass is 10.1. The van der Waals surface area contributed by atoms with Gasteiger partial charge in [-0.1, -0.05) is 30.0 Å². The van der Waals surface area contributed by atoms with Crippen LogP contribution in [0.25, 0.3) is 0 Å². The molecule has 0 aliphatic heterocycles. The summed E-state index contributed by atoms with van der Waals surface area (Å²) < 4.78 is 1.59. The first-order valence-corrected chi connectivity index (χ1v) is 6.24. The molecule has 0 bridgehead atoms. The Morgan fingerprint density at radius 2 is 2.25 bits per heavy atom. The first-order chi connectivity index (χ1) is 9.70. The highest BCUT2D eigenvalue weighted by atomic mass is 16.1. The van der Waals surface area contributed by atoms with E-state index in [0.29, 0.717) is 18.7 Å². The van der Waals surface area contributed by atoms with Crippen LogP contribution in [0.5, 0.6) is 0 Å². The first-order valence-electron chi connectivity index (χ1n) is 6.24. The Morgan fingerprint density at radius 1 is 1.45 bits per heavy atom. The molecule has 102 valence electrons. The number of benzene rings is 1. The van der Waals surface area contributed by atoms with Crippen molar-refractivity contribution in [1.82, 2.24) is 15.1 Å². The molecule has 2 aromatic rings. The molecule has 0 saturated carbocycles. The van der Waals surface area contributed by atoms with E-state index in [0.717, 1.165) is 11.1 Å². The Labute approximate surface area is 117 Å². The predicted molar refractivity (Wildman–Crippen MR) is 76.8 cm³/mol. The van der Waals surface area contributed by atoms with Crippen LogP contribution < -0.4 is 11.1 Å². The summed E-state index contributed by atoms with van der Waals surface area (Å²) in [4.78, 5) is 11.9. The van der Waals surface area contributed by atoms with Crippen LogP contribution in [-0.2, 0) is 13.6 Å². The second-order valence-electron chi connectivity index (χ2n) is 4.25. The molecule has 0 aliphatic carbocycles. The average Bonchev–Trinajstić information content (AvgIpc) is 2.90. The van der Waals surface area contributed by atoms with E-state index in [-0.39, 0.29) is 5.91 Å². The van der Waals surface area contributed by atoms with E-state index in [1.165, 1.54) is 6.20 Å². The largest absolute Gasteiger partial charge is 0.348 e. The van der Waals surface area contributed by atoms with Crippen molar-refractivity contribution >= 4 is 5.91 Å². The molecule has 3 N–H and O–H groups in total. The summed E-state index contributed by atoms with van der Waals surface area (Å²) in [6.07, 6.45) is 3.21. The number of carbonyl (C=O) groups excluding carboxylic acids is 1. The molecule has 0 spiro atoms. The summed E-state index contributed by atoms with van der Waals surface area (Å²) in [5.74, 6) is 5.66. The second-order valence-corrected chi connectivity index (χ2v) is 4.25. The van der Waals surface area contributed by atoms with E-state index in [1.807, 2.05) is 24.3 Å². The van der Waals surface area contributed by atoms with Crippen molar-refractivity contribution in [3.05, 3.63) is 53.3 Å². The van der Waals surface area contributed by atoms with Crippen LogP contribution in [0.2, 0.25) is 0 Å². The Bertz CT molecular complexity index is 664. The third-order valence-electron chi connectivity index (χ3n) is 2.75. The molecule has 2 rings (SSSR count). The van der Waals surface area contributed by atoms with Crippen molar-refractivity contribution in [3.8, 4) is 11.8 Å². The van der Waals surface area contributed by atoms with Gasteiger partial charge in [-0.15, -0.1) is 0 Å². The van der Waals surface area contributed by atoms with Gasteiger partial charge in [0.15, 0.2) is 0 Å². The Kier molecular flexibility index (Phi) is 4.53. The van der Waals surface area contributed by atoms with Gasteiger partial charge in [0.25, 0.3) is 5.91 Å². The molecular formula is C15H16N4O. The number of hydrogen-bond acceptors (Lipinski definition) is 3. The smallest absolute Gasteiger partial charge is 0.254 e. The highest BCUT2D eigenvalue weighted by Gasteiger charge is 2.08. The second kappa shape index (κ2) is 6.55. The fourth-order valence-corrected chi connectivity index (χ4v) is 1.76. The van der Waals surface area contributed by atoms with Gasteiger partial charge in [0.2, 0.25) is 0 Å². The maximum absolute atomic E-state index is 11.9. The molecule has 0 radical (unpaired) electrons. The minimum atomic E-state index is -0.153. The van der Waals surface area contributed by atoms with Crippen LogP contribution in [0.15, 0.2) is 36.7 Å². The summed E-state index contributed by atoms with van der Waals surface area (Å²) in [6.45, 7) is 0.736. The zero-order chi connectivity index (χ0) is 14.4. The number of hydrogen-bond donors (Lipinski definition) is 2. The monoisotopic (exact) mass is 268 g/mol. The highest BCUT2D eigenvalue weighted by Crippen LogP contribution is 2.07. The van der Waals surface area contributed by atoms with Crippen LogP contribution in [0.4, 0.5) is 0 Å². The fourth-order valence-electron chi connectivity index (χ4n) is 1.76. The molecule has 0 unspecified atom stereocenters. The number of carbonyl (C=O) groups is 1. The van der Waals surface area contributed by atoms with Crippen LogP contribution in [0, 0.1) is 11.8 Å². The average molecular weight is 268 g/mol. The number of rotatable bonds is 3. The topological polar surface area (TPSA) is 72.9 Å². The summed E-state index contributed by atoms with van der Waals surface area (Å²) >= 11 is 0. The molecule has 5 nitrogen and oxygen atoms in total. The van der Waals surface area contributed by atoms with Crippen molar-refractivity contribution < 1.29 is 4.79 Å². The SMILES string of the molecule is Cn1cc(C(=O)NCc2ccccc2C#CCN)cn1. The van der Waals surface area contributed by atoms with Gasteiger partial charge < -0.3 is 11.1 Å². The number of aromatic nitrogens is 2. The standard InChI is InChI=1S/C15H16N4O/c1-19-11-14(10-18-19)15(20)17-9-13-6-3-2-5-12(13)7-4-8-16/h2-3,5-6,10-11H,8-9,16H2,1H3,(H,17,20). The molecular weight excluding hydrogens is 252 g/mol. The fraction of sp³-hybridized carbons (Fsp3) is 0.200. The number of nitrogens with two attached hydrogens (primary N) is 1. The Hall–Kier alpha value is -2.58. The van der Waals surface area contributed by atoms with E-state index in [2.05, 4.69) is 22.3 Å². The summed E-state index contributed by atoms with van der Waals surface area (Å²) in [6, 6.07) is 7.67. The van der Waals surface area contributed by atoms with E-state index in [9.17, 15) is 4.79 Å². The van der Waals surface area contributed by atoms with Gasteiger partial charge in [-0.2, -0.15) is 5.10 Å². The van der Waals surface area contributed by atoms with Crippen LogP contribution in [-0.4, -0.2) is 22.2 Å². The van der Waals surface area contributed by atoms with Crippen molar-refractivity contribution in [2.75, 3.05) is 6.54 Å². The molecule has 0 saturated heterocycles. The van der Waals surface area contributed by atoms with E-state index >= 15 is 0 Å². The molecule has 1 aromatic carbocycles. The van der Waals surface area contributed by atoms with Gasteiger partial charge in [-0.05, 0) is 11.6 Å². The highest BCUT2D eigenvalue weighted by molar-refractivity contribution is 5.93. The number of aryl methyl sites for hydroxylation is 1. The van der Waals surface area contributed by atoms with Gasteiger partial charge in [0.1, 0.15) is 0 Å².